The molecule has 0 saturated heterocycles. The molecule has 1 heterocycles. The van der Waals surface area contributed by atoms with Crippen LogP contribution in [0.1, 0.15) is 12.0 Å². The molecule has 104 valence electrons. The minimum atomic E-state index is -1.17. The molecule has 19 heavy (non-hydrogen) atoms. The summed E-state index contributed by atoms with van der Waals surface area (Å²) in [5, 5.41) is 20.0. The highest BCUT2D eigenvalue weighted by molar-refractivity contribution is 5.82. The van der Waals surface area contributed by atoms with Crippen LogP contribution in [0.25, 0.3) is 0 Å². The monoisotopic (exact) mass is 267 g/mol. The lowest BCUT2D eigenvalue weighted by Crippen LogP contribution is -2.46. The summed E-state index contributed by atoms with van der Waals surface area (Å²) in [5.74, 6) is -1.17. The fourth-order valence-electron chi connectivity index (χ4n) is 1.48. The number of aliphatic carboxylic acids is 1. The van der Waals surface area contributed by atoms with E-state index >= 15 is 0 Å². The third kappa shape index (κ3) is 4.92. The Morgan fingerprint density at radius 2 is 2.05 bits per heavy atom. The SMILES string of the molecule is CN(Cc1ccncc1)C(=O)NC(CCO)C(=O)O. The van der Waals surface area contributed by atoms with Crippen LogP contribution in [-0.2, 0) is 11.3 Å². The van der Waals surface area contributed by atoms with Crippen LogP contribution in [0.2, 0.25) is 0 Å². The van der Waals surface area contributed by atoms with Gasteiger partial charge in [0.25, 0.3) is 0 Å². The molecule has 0 aliphatic rings. The van der Waals surface area contributed by atoms with Crippen LogP contribution in [0.3, 0.4) is 0 Å². The van der Waals surface area contributed by atoms with Gasteiger partial charge < -0.3 is 20.4 Å². The minimum absolute atomic E-state index is 0.0236. The zero-order chi connectivity index (χ0) is 14.3. The van der Waals surface area contributed by atoms with Crippen molar-refractivity contribution in [3.05, 3.63) is 30.1 Å². The smallest absolute Gasteiger partial charge is 0.326 e. The lowest BCUT2D eigenvalue weighted by atomic mass is 10.2. The number of rotatable bonds is 6. The molecule has 1 atom stereocenters. The third-order valence-electron chi connectivity index (χ3n) is 2.53. The largest absolute Gasteiger partial charge is 0.480 e. The van der Waals surface area contributed by atoms with E-state index in [2.05, 4.69) is 10.3 Å². The first-order valence-corrected chi connectivity index (χ1v) is 5.78. The molecule has 7 heteroatoms. The summed E-state index contributed by atoms with van der Waals surface area (Å²) in [6, 6.07) is 1.95. The zero-order valence-corrected chi connectivity index (χ0v) is 10.6. The topological polar surface area (TPSA) is 103 Å². The van der Waals surface area contributed by atoms with E-state index in [9.17, 15) is 9.59 Å². The fraction of sp³-hybridized carbons (Fsp3) is 0.417. The average molecular weight is 267 g/mol. The number of aliphatic hydroxyl groups excluding tert-OH is 1. The van der Waals surface area contributed by atoms with Gasteiger partial charge in [-0.05, 0) is 17.7 Å². The predicted octanol–water partition coefficient (Wildman–Crippen LogP) is 0.0586. The Balaban J connectivity index is 2.54. The van der Waals surface area contributed by atoms with Gasteiger partial charge >= 0.3 is 12.0 Å². The number of aliphatic hydroxyl groups is 1. The quantitative estimate of drug-likeness (QED) is 0.676. The van der Waals surface area contributed by atoms with E-state index in [0.717, 1.165) is 5.56 Å². The molecule has 2 amide bonds. The lowest BCUT2D eigenvalue weighted by Gasteiger charge is -2.21. The van der Waals surface area contributed by atoms with Crippen LogP contribution in [0.15, 0.2) is 24.5 Å². The molecule has 1 aromatic heterocycles. The third-order valence-corrected chi connectivity index (χ3v) is 2.53. The number of carboxylic acids is 1. The van der Waals surface area contributed by atoms with Crippen LogP contribution in [0.4, 0.5) is 4.79 Å². The summed E-state index contributed by atoms with van der Waals surface area (Å²) < 4.78 is 0. The van der Waals surface area contributed by atoms with Gasteiger partial charge in [-0.15, -0.1) is 0 Å². The average Bonchev–Trinajstić information content (AvgIpc) is 2.39. The predicted molar refractivity (Wildman–Crippen MR) is 67.4 cm³/mol. The Labute approximate surface area is 110 Å². The van der Waals surface area contributed by atoms with Crippen LogP contribution in [0, 0.1) is 0 Å². The highest BCUT2D eigenvalue weighted by Crippen LogP contribution is 2.02. The molecule has 1 unspecified atom stereocenters. The molecule has 7 nitrogen and oxygen atoms in total. The molecule has 0 bridgehead atoms. The number of carbonyl (C=O) groups excluding carboxylic acids is 1. The van der Waals surface area contributed by atoms with Crippen LogP contribution >= 0.6 is 0 Å². The van der Waals surface area contributed by atoms with Gasteiger partial charge in [-0.25, -0.2) is 9.59 Å². The first-order chi connectivity index (χ1) is 9.04. The van der Waals surface area contributed by atoms with E-state index in [1.807, 2.05) is 0 Å². The Morgan fingerprint density at radius 1 is 1.42 bits per heavy atom. The van der Waals surface area contributed by atoms with Gasteiger partial charge in [0, 0.05) is 39.0 Å². The van der Waals surface area contributed by atoms with E-state index in [0.29, 0.717) is 6.54 Å². The molecule has 0 radical (unpaired) electrons. The molecule has 0 aliphatic heterocycles. The first-order valence-electron chi connectivity index (χ1n) is 5.78. The zero-order valence-electron chi connectivity index (χ0n) is 10.6. The number of hydrogen-bond donors (Lipinski definition) is 3. The van der Waals surface area contributed by atoms with Crippen molar-refractivity contribution in [1.29, 1.82) is 0 Å². The maximum absolute atomic E-state index is 11.8. The van der Waals surface area contributed by atoms with Crippen LogP contribution in [-0.4, -0.2) is 51.8 Å². The maximum Gasteiger partial charge on any atom is 0.326 e. The molecular formula is C12H17N3O4. The summed E-state index contributed by atoms with van der Waals surface area (Å²) in [4.78, 5) is 27.9. The number of nitrogens with zero attached hydrogens (tertiary/aromatic N) is 2. The second-order valence-corrected chi connectivity index (χ2v) is 4.06. The second kappa shape index (κ2) is 7.32. The highest BCUT2D eigenvalue weighted by atomic mass is 16.4. The van der Waals surface area contributed by atoms with E-state index in [1.165, 1.54) is 4.90 Å². The molecule has 0 spiro atoms. The lowest BCUT2D eigenvalue weighted by molar-refractivity contribution is -0.139. The molecule has 0 saturated carbocycles. The summed E-state index contributed by atoms with van der Waals surface area (Å²) in [6.45, 7) is 0.0468. The van der Waals surface area contributed by atoms with Gasteiger partial charge in [0.2, 0.25) is 0 Å². The molecule has 1 aromatic rings. The molecule has 3 N–H and O–H groups in total. The highest BCUT2D eigenvalue weighted by Gasteiger charge is 2.21. The van der Waals surface area contributed by atoms with Gasteiger partial charge in [0.15, 0.2) is 0 Å². The Bertz CT molecular complexity index is 424. The van der Waals surface area contributed by atoms with Crippen molar-refractivity contribution in [2.24, 2.45) is 0 Å². The van der Waals surface area contributed by atoms with Gasteiger partial charge in [-0.1, -0.05) is 0 Å². The van der Waals surface area contributed by atoms with Crippen molar-refractivity contribution < 1.29 is 19.8 Å². The van der Waals surface area contributed by atoms with E-state index in [-0.39, 0.29) is 13.0 Å². The minimum Gasteiger partial charge on any atom is -0.480 e. The second-order valence-electron chi connectivity index (χ2n) is 4.06. The summed E-state index contributed by atoms with van der Waals surface area (Å²) in [6.07, 6.45) is 3.21. The number of amides is 2. The molecule has 1 rings (SSSR count). The van der Waals surface area contributed by atoms with Crippen molar-refractivity contribution >= 4 is 12.0 Å². The number of pyridine rings is 1. The van der Waals surface area contributed by atoms with Crippen molar-refractivity contribution in [3.8, 4) is 0 Å². The Morgan fingerprint density at radius 3 is 2.58 bits per heavy atom. The van der Waals surface area contributed by atoms with E-state index in [1.54, 1.807) is 31.6 Å². The molecule has 0 aromatic carbocycles. The normalized spacial score (nSPS) is 11.7. The number of urea groups is 1. The van der Waals surface area contributed by atoms with Gasteiger partial charge in [0.05, 0.1) is 0 Å². The molecule has 0 fully saturated rings. The number of carbonyl (C=O) groups is 2. The van der Waals surface area contributed by atoms with E-state index < -0.39 is 18.0 Å². The summed E-state index contributed by atoms with van der Waals surface area (Å²) >= 11 is 0. The number of aromatic nitrogens is 1. The maximum atomic E-state index is 11.8. The summed E-state index contributed by atoms with van der Waals surface area (Å²) in [5.41, 5.74) is 0.890. The Hall–Kier alpha value is -2.15. The first kappa shape index (κ1) is 14.9. The van der Waals surface area contributed by atoms with Crippen molar-refractivity contribution in [1.82, 2.24) is 15.2 Å². The van der Waals surface area contributed by atoms with Crippen LogP contribution in [0.5, 0.6) is 0 Å². The summed E-state index contributed by atoms with van der Waals surface area (Å²) in [7, 11) is 1.56. The molecular weight excluding hydrogens is 250 g/mol. The van der Waals surface area contributed by atoms with Crippen molar-refractivity contribution in [2.75, 3.05) is 13.7 Å². The van der Waals surface area contributed by atoms with E-state index in [4.69, 9.17) is 10.2 Å². The van der Waals surface area contributed by atoms with Crippen molar-refractivity contribution in [3.63, 3.8) is 0 Å². The van der Waals surface area contributed by atoms with Crippen molar-refractivity contribution in [2.45, 2.75) is 19.0 Å². The standard InChI is InChI=1S/C12H17N3O4/c1-15(8-9-2-5-13-6-3-9)12(19)14-10(4-7-16)11(17)18/h2-3,5-6,10,16H,4,7-8H2,1H3,(H,14,19)(H,17,18). The number of hydrogen-bond acceptors (Lipinski definition) is 4. The van der Waals surface area contributed by atoms with Gasteiger partial charge in [0.1, 0.15) is 6.04 Å². The van der Waals surface area contributed by atoms with Crippen LogP contribution < -0.4 is 5.32 Å². The number of nitrogens with one attached hydrogen (secondary N) is 1. The molecule has 0 aliphatic carbocycles. The Kier molecular flexibility index (Phi) is 5.74. The number of carboxylic acid groups (broad SMARTS) is 1. The van der Waals surface area contributed by atoms with Gasteiger partial charge in [-0.3, -0.25) is 4.98 Å². The fourth-order valence-corrected chi connectivity index (χ4v) is 1.48. The van der Waals surface area contributed by atoms with Gasteiger partial charge in [-0.2, -0.15) is 0 Å².